The second kappa shape index (κ2) is 5.18. The standard InChI is InChI=1S/C12H12ClN3O2/c1-7-3-11(13)10(6-14-7)12(17)15-5-9-4-8(2)18-16-9/h3-4,6H,5H2,1-2H3,(H,15,17). The maximum absolute atomic E-state index is 11.9. The highest BCUT2D eigenvalue weighted by Gasteiger charge is 2.11. The van der Waals surface area contributed by atoms with Crippen molar-refractivity contribution in [3.63, 3.8) is 0 Å². The minimum absolute atomic E-state index is 0.284. The molecule has 94 valence electrons. The molecule has 1 amide bonds. The van der Waals surface area contributed by atoms with Crippen LogP contribution in [0.1, 0.15) is 27.5 Å². The maximum atomic E-state index is 11.9. The molecule has 0 saturated heterocycles. The van der Waals surface area contributed by atoms with Crippen LogP contribution in [-0.4, -0.2) is 16.0 Å². The number of carbonyl (C=O) groups is 1. The lowest BCUT2D eigenvalue weighted by molar-refractivity contribution is 0.0950. The summed E-state index contributed by atoms with van der Waals surface area (Å²) in [6.07, 6.45) is 1.46. The first kappa shape index (κ1) is 12.6. The number of aryl methyl sites for hydroxylation is 2. The summed E-state index contributed by atoms with van der Waals surface area (Å²) in [5.74, 6) is 0.419. The molecule has 0 aromatic carbocycles. The number of hydrogen-bond acceptors (Lipinski definition) is 4. The number of amides is 1. The van der Waals surface area contributed by atoms with Crippen molar-refractivity contribution < 1.29 is 9.32 Å². The molecular weight excluding hydrogens is 254 g/mol. The van der Waals surface area contributed by atoms with Crippen LogP contribution in [0.4, 0.5) is 0 Å². The quantitative estimate of drug-likeness (QED) is 0.924. The van der Waals surface area contributed by atoms with E-state index in [1.54, 1.807) is 19.1 Å². The second-order valence-corrected chi connectivity index (χ2v) is 4.32. The number of rotatable bonds is 3. The maximum Gasteiger partial charge on any atom is 0.254 e. The molecule has 1 N–H and O–H groups in total. The summed E-state index contributed by atoms with van der Waals surface area (Å²) >= 11 is 5.98. The van der Waals surface area contributed by atoms with Gasteiger partial charge in [0.1, 0.15) is 11.5 Å². The Kier molecular flexibility index (Phi) is 3.62. The fourth-order valence-electron chi connectivity index (χ4n) is 1.46. The van der Waals surface area contributed by atoms with E-state index in [4.69, 9.17) is 16.1 Å². The highest BCUT2D eigenvalue weighted by molar-refractivity contribution is 6.33. The Labute approximate surface area is 109 Å². The average molecular weight is 266 g/mol. The summed E-state index contributed by atoms with van der Waals surface area (Å²) in [5, 5.41) is 6.87. The molecule has 0 bridgehead atoms. The van der Waals surface area contributed by atoms with Crippen LogP contribution in [0.25, 0.3) is 0 Å². The molecule has 0 unspecified atom stereocenters. The fourth-order valence-corrected chi connectivity index (χ4v) is 1.75. The molecule has 5 nitrogen and oxygen atoms in total. The molecule has 0 aliphatic rings. The summed E-state index contributed by atoms with van der Waals surface area (Å²) in [6.45, 7) is 3.89. The zero-order valence-corrected chi connectivity index (χ0v) is 10.8. The highest BCUT2D eigenvalue weighted by atomic mass is 35.5. The lowest BCUT2D eigenvalue weighted by atomic mass is 10.2. The Morgan fingerprint density at radius 1 is 1.44 bits per heavy atom. The van der Waals surface area contributed by atoms with Gasteiger partial charge in [-0.3, -0.25) is 9.78 Å². The number of hydrogen-bond donors (Lipinski definition) is 1. The number of pyridine rings is 1. The van der Waals surface area contributed by atoms with Crippen molar-refractivity contribution in [1.29, 1.82) is 0 Å². The van der Waals surface area contributed by atoms with Gasteiger partial charge in [-0.15, -0.1) is 0 Å². The molecule has 18 heavy (non-hydrogen) atoms. The SMILES string of the molecule is Cc1cc(Cl)c(C(=O)NCc2cc(C)on2)cn1. The molecular formula is C12H12ClN3O2. The van der Waals surface area contributed by atoms with Crippen LogP contribution < -0.4 is 5.32 Å². The molecule has 0 aliphatic heterocycles. The van der Waals surface area contributed by atoms with E-state index in [0.717, 1.165) is 5.69 Å². The Morgan fingerprint density at radius 2 is 2.22 bits per heavy atom. The van der Waals surface area contributed by atoms with Gasteiger partial charge in [-0.05, 0) is 19.9 Å². The zero-order chi connectivity index (χ0) is 13.1. The topological polar surface area (TPSA) is 68.0 Å². The van der Waals surface area contributed by atoms with Gasteiger partial charge >= 0.3 is 0 Å². The summed E-state index contributed by atoms with van der Waals surface area (Å²) in [5.41, 5.74) is 1.78. The smallest absolute Gasteiger partial charge is 0.254 e. The van der Waals surface area contributed by atoms with Crippen molar-refractivity contribution in [3.8, 4) is 0 Å². The normalized spacial score (nSPS) is 10.4. The summed E-state index contributed by atoms with van der Waals surface area (Å²) in [6, 6.07) is 3.41. The van der Waals surface area contributed by atoms with Gasteiger partial charge in [0, 0.05) is 18.0 Å². The molecule has 0 radical (unpaired) electrons. The Hall–Kier alpha value is -1.88. The minimum atomic E-state index is -0.284. The molecule has 0 aliphatic carbocycles. The Bertz CT molecular complexity index is 580. The molecule has 2 rings (SSSR count). The number of nitrogens with zero attached hydrogens (tertiary/aromatic N) is 2. The van der Waals surface area contributed by atoms with Crippen LogP contribution in [0.2, 0.25) is 5.02 Å². The molecule has 6 heteroatoms. The first-order valence-corrected chi connectivity index (χ1v) is 5.76. The van der Waals surface area contributed by atoms with Gasteiger partial charge in [0.2, 0.25) is 0 Å². The van der Waals surface area contributed by atoms with E-state index in [2.05, 4.69) is 15.5 Å². The van der Waals surface area contributed by atoms with Crippen LogP contribution in [-0.2, 0) is 6.54 Å². The van der Waals surface area contributed by atoms with Crippen molar-refractivity contribution in [1.82, 2.24) is 15.5 Å². The number of aromatic nitrogens is 2. The largest absolute Gasteiger partial charge is 0.361 e. The van der Waals surface area contributed by atoms with E-state index in [9.17, 15) is 4.79 Å². The lowest BCUT2D eigenvalue weighted by Crippen LogP contribution is -2.23. The van der Waals surface area contributed by atoms with Crippen molar-refractivity contribution in [3.05, 3.63) is 46.1 Å². The predicted molar refractivity (Wildman–Crippen MR) is 66.4 cm³/mol. The molecule has 0 atom stereocenters. The first-order chi connectivity index (χ1) is 8.56. The molecule has 0 fully saturated rings. The van der Waals surface area contributed by atoms with Crippen LogP contribution in [0.5, 0.6) is 0 Å². The average Bonchev–Trinajstić information content (AvgIpc) is 2.72. The molecule has 0 saturated carbocycles. The third-order valence-corrected chi connectivity index (χ3v) is 2.65. The van der Waals surface area contributed by atoms with E-state index in [1.807, 2.05) is 6.92 Å². The van der Waals surface area contributed by atoms with Crippen LogP contribution in [0.3, 0.4) is 0 Å². The van der Waals surface area contributed by atoms with Crippen LogP contribution >= 0.6 is 11.6 Å². The van der Waals surface area contributed by atoms with Gasteiger partial charge in [-0.1, -0.05) is 16.8 Å². The predicted octanol–water partition coefficient (Wildman–Crippen LogP) is 2.27. The number of nitrogens with one attached hydrogen (secondary N) is 1. The van der Waals surface area contributed by atoms with Crippen molar-refractivity contribution in [2.45, 2.75) is 20.4 Å². The molecule has 0 spiro atoms. The van der Waals surface area contributed by atoms with Gasteiger partial charge in [-0.2, -0.15) is 0 Å². The second-order valence-electron chi connectivity index (χ2n) is 3.92. The molecule has 2 aromatic rings. The van der Waals surface area contributed by atoms with Gasteiger partial charge < -0.3 is 9.84 Å². The van der Waals surface area contributed by atoms with Crippen molar-refractivity contribution >= 4 is 17.5 Å². The van der Waals surface area contributed by atoms with Crippen LogP contribution in [0, 0.1) is 13.8 Å². The fraction of sp³-hybridized carbons (Fsp3) is 0.250. The van der Waals surface area contributed by atoms with E-state index in [1.165, 1.54) is 6.20 Å². The third-order valence-electron chi connectivity index (χ3n) is 2.34. The Morgan fingerprint density at radius 3 is 2.83 bits per heavy atom. The van der Waals surface area contributed by atoms with E-state index in [0.29, 0.717) is 28.6 Å². The zero-order valence-electron chi connectivity index (χ0n) is 10.0. The summed E-state index contributed by atoms with van der Waals surface area (Å²) in [4.78, 5) is 15.9. The monoisotopic (exact) mass is 265 g/mol. The number of halogens is 1. The van der Waals surface area contributed by atoms with E-state index >= 15 is 0 Å². The van der Waals surface area contributed by atoms with Gasteiger partial charge in [0.25, 0.3) is 5.91 Å². The Balaban J connectivity index is 2.03. The van der Waals surface area contributed by atoms with Gasteiger partial charge in [0.15, 0.2) is 0 Å². The first-order valence-electron chi connectivity index (χ1n) is 5.39. The van der Waals surface area contributed by atoms with Crippen molar-refractivity contribution in [2.75, 3.05) is 0 Å². The van der Waals surface area contributed by atoms with Crippen molar-refractivity contribution in [2.24, 2.45) is 0 Å². The number of carbonyl (C=O) groups excluding carboxylic acids is 1. The van der Waals surface area contributed by atoms with Gasteiger partial charge in [0.05, 0.1) is 17.1 Å². The lowest BCUT2D eigenvalue weighted by Gasteiger charge is -2.05. The van der Waals surface area contributed by atoms with E-state index < -0.39 is 0 Å². The summed E-state index contributed by atoms with van der Waals surface area (Å²) < 4.78 is 4.90. The van der Waals surface area contributed by atoms with E-state index in [-0.39, 0.29) is 5.91 Å². The molecule has 2 aromatic heterocycles. The summed E-state index contributed by atoms with van der Waals surface area (Å²) in [7, 11) is 0. The van der Waals surface area contributed by atoms with Crippen LogP contribution in [0.15, 0.2) is 22.9 Å². The third kappa shape index (κ3) is 2.87. The minimum Gasteiger partial charge on any atom is -0.361 e. The molecule has 2 heterocycles. The highest BCUT2D eigenvalue weighted by Crippen LogP contribution is 2.15. The van der Waals surface area contributed by atoms with Gasteiger partial charge in [-0.25, -0.2) is 0 Å².